The molecule has 0 saturated carbocycles. The molecule has 0 aromatic heterocycles. The molecular weight excluding hydrogens is 373 g/mol. The topological polar surface area (TPSA) is 61.4 Å². The molecule has 0 bridgehead atoms. The van der Waals surface area contributed by atoms with Gasteiger partial charge in [-0.1, -0.05) is 41.4 Å². The summed E-state index contributed by atoms with van der Waals surface area (Å²) in [5.74, 6) is -0.425. The highest BCUT2D eigenvalue weighted by Crippen LogP contribution is 2.25. The summed E-state index contributed by atoms with van der Waals surface area (Å²) in [6.07, 6.45) is 0. The molecule has 2 aromatic carbocycles. The fraction of sp³-hybridized carbons (Fsp3) is 0.263. The number of nitrogens with one attached hydrogen (secondary N) is 2. The first kappa shape index (κ1) is 20.2. The molecule has 5 nitrogen and oxygen atoms in total. The quantitative estimate of drug-likeness (QED) is 0.772. The number of carbonyl (C=O) groups excluding carboxylic acids is 2. The second-order valence-electron chi connectivity index (χ2n) is 6.07. The van der Waals surface area contributed by atoms with E-state index in [-0.39, 0.29) is 18.4 Å². The fourth-order valence-corrected chi connectivity index (χ4v) is 2.59. The standard InChI is InChI=1S/C19H21Cl2N3O2/c1-12-6-4-5-7-17(12)23-19(26)13(2)24(3)11-18(25)22-14-8-9-15(20)16(21)10-14/h4-10,13H,11H2,1-3H3,(H,22,25)(H,23,26). The van der Waals surface area contributed by atoms with Crippen LogP contribution in [0.15, 0.2) is 42.5 Å². The molecule has 0 fully saturated rings. The Morgan fingerprint density at radius 2 is 1.77 bits per heavy atom. The number of hydrogen-bond donors (Lipinski definition) is 2. The van der Waals surface area contributed by atoms with Gasteiger partial charge in [0.15, 0.2) is 0 Å². The van der Waals surface area contributed by atoms with Gasteiger partial charge in [-0.15, -0.1) is 0 Å². The zero-order valence-corrected chi connectivity index (χ0v) is 16.4. The van der Waals surface area contributed by atoms with E-state index in [2.05, 4.69) is 10.6 Å². The van der Waals surface area contributed by atoms with Crippen molar-refractivity contribution >= 4 is 46.4 Å². The van der Waals surface area contributed by atoms with Crippen LogP contribution in [0.3, 0.4) is 0 Å². The smallest absolute Gasteiger partial charge is 0.241 e. The minimum atomic E-state index is -0.478. The van der Waals surface area contributed by atoms with E-state index >= 15 is 0 Å². The molecule has 0 aliphatic carbocycles. The first-order chi connectivity index (χ1) is 12.3. The van der Waals surface area contributed by atoms with Crippen LogP contribution in [0.5, 0.6) is 0 Å². The van der Waals surface area contributed by atoms with E-state index < -0.39 is 6.04 Å². The first-order valence-electron chi connectivity index (χ1n) is 8.09. The molecule has 138 valence electrons. The average molecular weight is 394 g/mol. The van der Waals surface area contributed by atoms with Crippen molar-refractivity contribution < 1.29 is 9.59 Å². The lowest BCUT2D eigenvalue weighted by atomic mass is 10.2. The lowest BCUT2D eigenvalue weighted by molar-refractivity contribution is -0.122. The fourth-order valence-electron chi connectivity index (χ4n) is 2.29. The van der Waals surface area contributed by atoms with Crippen LogP contribution in [0, 0.1) is 6.92 Å². The average Bonchev–Trinajstić information content (AvgIpc) is 2.59. The normalized spacial score (nSPS) is 11.9. The molecule has 1 atom stereocenters. The summed E-state index contributed by atoms with van der Waals surface area (Å²) >= 11 is 11.8. The number of carbonyl (C=O) groups is 2. The number of anilines is 2. The second-order valence-corrected chi connectivity index (χ2v) is 6.89. The van der Waals surface area contributed by atoms with Crippen molar-refractivity contribution in [1.29, 1.82) is 0 Å². The molecule has 1 unspecified atom stereocenters. The Hall–Kier alpha value is -2.08. The summed E-state index contributed by atoms with van der Waals surface area (Å²) in [4.78, 5) is 26.3. The highest BCUT2D eigenvalue weighted by molar-refractivity contribution is 6.42. The van der Waals surface area contributed by atoms with Gasteiger partial charge in [-0.05, 0) is 50.7 Å². The van der Waals surface area contributed by atoms with E-state index in [0.29, 0.717) is 15.7 Å². The number of rotatable bonds is 6. The highest BCUT2D eigenvalue weighted by Gasteiger charge is 2.20. The Labute approximate surface area is 163 Å². The second kappa shape index (κ2) is 9.03. The Balaban J connectivity index is 1.91. The Morgan fingerprint density at radius 3 is 2.42 bits per heavy atom. The number of likely N-dealkylation sites (N-methyl/N-ethyl adjacent to an activating group) is 1. The van der Waals surface area contributed by atoms with Crippen LogP contribution in [0.2, 0.25) is 10.0 Å². The SMILES string of the molecule is Cc1ccccc1NC(=O)C(C)N(C)CC(=O)Nc1ccc(Cl)c(Cl)c1. The summed E-state index contributed by atoms with van der Waals surface area (Å²) in [5, 5.41) is 6.41. The van der Waals surface area contributed by atoms with Gasteiger partial charge >= 0.3 is 0 Å². The molecule has 2 amide bonds. The molecule has 2 aromatic rings. The van der Waals surface area contributed by atoms with E-state index in [0.717, 1.165) is 11.3 Å². The third-order valence-corrected chi connectivity index (χ3v) is 4.78. The molecule has 0 heterocycles. The monoisotopic (exact) mass is 393 g/mol. The molecule has 0 spiro atoms. The van der Waals surface area contributed by atoms with E-state index in [4.69, 9.17) is 23.2 Å². The van der Waals surface area contributed by atoms with Crippen LogP contribution in [0.1, 0.15) is 12.5 Å². The summed E-state index contributed by atoms with van der Waals surface area (Å²) in [5.41, 5.74) is 2.29. The zero-order valence-electron chi connectivity index (χ0n) is 14.8. The van der Waals surface area contributed by atoms with Gasteiger partial charge in [-0.3, -0.25) is 14.5 Å². The maximum atomic E-state index is 12.4. The van der Waals surface area contributed by atoms with E-state index in [1.54, 1.807) is 37.1 Å². The van der Waals surface area contributed by atoms with Crippen molar-refractivity contribution in [3.63, 3.8) is 0 Å². The van der Waals surface area contributed by atoms with Crippen LogP contribution >= 0.6 is 23.2 Å². The minimum Gasteiger partial charge on any atom is -0.325 e. The van der Waals surface area contributed by atoms with Crippen LogP contribution < -0.4 is 10.6 Å². The van der Waals surface area contributed by atoms with Crippen molar-refractivity contribution in [2.75, 3.05) is 24.2 Å². The minimum absolute atomic E-state index is 0.0581. The van der Waals surface area contributed by atoms with Crippen molar-refractivity contribution in [3.8, 4) is 0 Å². The molecule has 2 N–H and O–H groups in total. The van der Waals surface area contributed by atoms with Crippen molar-refractivity contribution in [2.45, 2.75) is 19.9 Å². The third kappa shape index (κ3) is 5.46. The Bertz CT molecular complexity index is 811. The van der Waals surface area contributed by atoms with Gasteiger partial charge in [-0.25, -0.2) is 0 Å². The van der Waals surface area contributed by atoms with E-state index in [1.165, 1.54) is 0 Å². The van der Waals surface area contributed by atoms with Gasteiger partial charge in [0, 0.05) is 11.4 Å². The zero-order chi connectivity index (χ0) is 19.3. The summed E-state index contributed by atoms with van der Waals surface area (Å²) in [7, 11) is 1.72. The van der Waals surface area contributed by atoms with Gasteiger partial charge in [0.2, 0.25) is 11.8 Å². The lowest BCUT2D eigenvalue weighted by Crippen LogP contribution is -2.43. The molecule has 7 heteroatoms. The van der Waals surface area contributed by atoms with Crippen LogP contribution in [-0.4, -0.2) is 36.3 Å². The molecule has 0 aliphatic rings. The van der Waals surface area contributed by atoms with Gasteiger partial charge in [-0.2, -0.15) is 0 Å². The summed E-state index contributed by atoms with van der Waals surface area (Å²) in [6.45, 7) is 3.73. The largest absolute Gasteiger partial charge is 0.325 e. The van der Waals surface area contributed by atoms with Crippen molar-refractivity contribution in [3.05, 3.63) is 58.1 Å². The molecule has 2 rings (SSSR count). The van der Waals surface area contributed by atoms with Crippen LogP contribution in [-0.2, 0) is 9.59 Å². The predicted octanol–water partition coefficient (Wildman–Crippen LogP) is 4.20. The Morgan fingerprint density at radius 1 is 1.08 bits per heavy atom. The number of amides is 2. The number of nitrogens with zero attached hydrogens (tertiary/aromatic N) is 1. The first-order valence-corrected chi connectivity index (χ1v) is 8.85. The summed E-state index contributed by atoms with van der Waals surface area (Å²) < 4.78 is 0. The van der Waals surface area contributed by atoms with E-state index in [1.807, 2.05) is 31.2 Å². The lowest BCUT2D eigenvalue weighted by Gasteiger charge is -2.23. The van der Waals surface area contributed by atoms with Crippen LogP contribution in [0.4, 0.5) is 11.4 Å². The predicted molar refractivity (Wildman–Crippen MR) is 107 cm³/mol. The molecule has 0 aliphatic heterocycles. The number of halogens is 2. The van der Waals surface area contributed by atoms with Crippen LogP contribution in [0.25, 0.3) is 0 Å². The van der Waals surface area contributed by atoms with Gasteiger partial charge in [0.1, 0.15) is 0 Å². The van der Waals surface area contributed by atoms with Gasteiger partial charge < -0.3 is 10.6 Å². The molecule has 0 saturated heterocycles. The molecule has 26 heavy (non-hydrogen) atoms. The highest BCUT2D eigenvalue weighted by atomic mass is 35.5. The molecule has 0 radical (unpaired) electrons. The maximum Gasteiger partial charge on any atom is 0.241 e. The molecular formula is C19H21Cl2N3O2. The number of para-hydroxylation sites is 1. The number of aryl methyl sites for hydroxylation is 1. The van der Waals surface area contributed by atoms with Crippen molar-refractivity contribution in [1.82, 2.24) is 4.90 Å². The number of hydrogen-bond acceptors (Lipinski definition) is 3. The maximum absolute atomic E-state index is 12.4. The Kier molecular flexibility index (Phi) is 7.03. The van der Waals surface area contributed by atoms with E-state index in [9.17, 15) is 9.59 Å². The van der Waals surface area contributed by atoms with Gasteiger partial charge in [0.25, 0.3) is 0 Å². The number of benzene rings is 2. The van der Waals surface area contributed by atoms with Crippen molar-refractivity contribution in [2.24, 2.45) is 0 Å². The summed E-state index contributed by atoms with van der Waals surface area (Å²) in [6, 6.07) is 11.9. The van der Waals surface area contributed by atoms with Gasteiger partial charge in [0.05, 0.1) is 22.6 Å². The third-order valence-electron chi connectivity index (χ3n) is 4.04.